The molecule has 0 bridgehead atoms. The summed E-state index contributed by atoms with van der Waals surface area (Å²) in [6, 6.07) is 7.82. The number of nitrogens with zero attached hydrogens (tertiary/aromatic N) is 4. The molecule has 4 aromatic rings. The predicted molar refractivity (Wildman–Crippen MR) is 200 cm³/mol. The van der Waals surface area contributed by atoms with Crippen LogP contribution in [0.15, 0.2) is 55.1 Å². The number of carbonyl (C=O) groups excluding carboxylic acids is 3. The Labute approximate surface area is 319 Å². The Morgan fingerprint density at radius 1 is 1.07 bits per heavy atom. The van der Waals surface area contributed by atoms with Crippen molar-refractivity contribution in [3.05, 3.63) is 71.4 Å². The molecule has 0 saturated carbocycles. The van der Waals surface area contributed by atoms with Gasteiger partial charge in [0.25, 0.3) is 11.8 Å². The molecule has 4 heterocycles. The fourth-order valence-corrected chi connectivity index (χ4v) is 6.21. The fraction of sp³-hybridized carbons (Fsp3) is 0.342. The number of fused-ring (bicyclic) bond motifs is 1. The van der Waals surface area contributed by atoms with Crippen molar-refractivity contribution in [2.75, 3.05) is 37.3 Å². The Hall–Kier alpha value is -5.66. The van der Waals surface area contributed by atoms with E-state index >= 15 is 0 Å². The molecule has 4 N–H and O–H groups in total. The van der Waals surface area contributed by atoms with Gasteiger partial charge >= 0.3 is 12.3 Å². The number of aryl methyl sites for hydroxylation is 1. The predicted octanol–water partition coefficient (Wildman–Crippen LogP) is 7.02. The number of pyridine rings is 2. The second-order valence-corrected chi connectivity index (χ2v) is 14.0. The first-order valence-corrected chi connectivity index (χ1v) is 17.3. The zero-order valence-corrected chi connectivity index (χ0v) is 31.1. The molecule has 0 radical (unpaired) electrons. The van der Waals surface area contributed by atoms with Crippen LogP contribution in [0.4, 0.5) is 33.9 Å². The number of nitrogen functional groups attached to an aromatic ring is 1. The summed E-state index contributed by atoms with van der Waals surface area (Å²) in [4.78, 5) is 47.0. The van der Waals surface area contributed by atoms with Crippen molar-refractivity contribution in [3.63, 3.8) is 0 Å². The average molecular weight is 784 g/mol. The first kappa shape index (κ1) is 40.5. The van der Waals surface area contributed by atoms with Gasteiger partial charge in [-0.25, -0.2) is 19.2 Å². The van der Waals surface area contributed by atoms with Crippen molar-refractivity contribution >= 4 is 51.9 Å². The van der Waals surface area contributed by atoms with Crippen LogP contribution in [0, 0.1) is 11.8 Å². The van der Waals surface area contributed by atoms with Gasteiger partial charge in [0, 0.05) is 49.3 Å². The maximum absolute atomic E-state index is 13.4. The van der Waals surface area contributed by atoms with Crippen LogP contribution in [-0.2, 0) is 21.3 Å². The molecule has 3 aromatic heterocycles. The molecule has 1 aliphatic rings. The summed E-state index contributed by atoms with van der Waals surface area (Å²) in [5, 5.41) is 4.38. The highest BCUT2D eigenvalue weighted by Gasteiger charge is 2.30. The highest BCUT2D eigenvalue weighted by molar-refractivity contribution is 6.34. The van der Waals surface area contributed by atoms with Crippen molar-refractivity contribution in [1.29, 1.82) is 0 Å². The monoisotopic (exact) mass is 783 g/mol. The number of benzene rings is 1. The number of rotatable bonds is 8. The van der Waals surface area contributed by atoms with E-state index in [1.807, 2.05) is 25.3 Å². The van der Waals surface area contributed by atoms with Gasteiger partial charge in [-0.2, -0.15) is 13.2 Å². The molecule has 0 spiro atoms. The number of hydrogen-bond donors (Lipinski definition) is 3. The lowest BCUT2D eigenvalue weighted by Gasteiger charge is -2.33. The molecular formula is C38H38ClF4N7O5. The molecule has 0 aliphatic carbocycles. The number of alkyl halides is 3. The number of ether oxygens (including phenoxy) is 2. The molecule has 0 unspecified atom stereocenters. The second kappa shape index (κ2) is 16.4. The van der Waals surface area contributed by atoms with E-state index in [2.05, 4.69) is 33.7 Å². The summed E-state index contributed by atoms with van der Waals surface area (Å²) in [6.45, 7) is 7.94. The minimum atomic E-state index is -4.64. The zero-order valence-electron chi connectivity index (χ0n) is 30.4. The van der Waals surface area contributed by atoms with Crippen LogP contribution in [0.25, 0.3) is 33.3 Å². The lowest BCUT2D eigenvalue weighted by atomic mass is 9.98. The normalized spacial score (nSPS) is 13.6. The SMILES string of the molecule is C=C(F)C(=O)Nc1ccc(-c2c(-c3cnc(C(=O)NCC(F)(F)F)c(Cl)c3)c3c(N)ncc(C#CCOC4CCN(C(=O)OC(C)(C)C)CC4)c3n2C)cc1. The molecule has 290 valence electrons. The number of piperidine rings is 1. The van der Waals surface area contributed by atoms with Crippen molar-refractivity contribution in [1.82, 2.24) is 24.8 Å². The van der Waals surface area contributed by atoms with Crippen LogP contribution in [0.5, 0.6) is 0 Å². The smallest absolute Gasteiger partial charge is 0.410 e. The standard InChI is InChI=1S/C38H38ClF4N7O5/c1-21(40)34(51)48-25-10-8-22(9-11-25)31-28(24-17-27(39)30(45-19-24)35(52)47-20-38(41,42)43)29-32(49(31)5)23(18-46-33(29)44)7-6-16-54-26-12-14-50(15-13-26)36(53)55-37(2,3)4/h8-11,17-19,26H,1,12-16,20H2,2-5H3,(H2,44,46)(H,47,52)(H,48,51). The summed E-state index contributed by atoms with van der Waals surface area (Å²) >= 11 is 6.45. The van der Waals surface area contributed by atoms with Crippen LogP contribution in [-0.4, -0.2) is 81.5 Å². The number of amides is 3. The number of anilines is 2. The first-order chi connectivity index (χ1) is 25.8. The minimum absolute atomic E-state index is 0.0863. The van der Waals surface area contributed by atoms with Crippen molar-refractivity contribution in [3.8, 4) is 34.2 Å². The number of likely N-dealkylation sites (tertiary alicyclic amines) is 1. The van der Waals surface area contributed by atoms with Crippen LogP contribution in [0.3, 0.4) is 0 Å². The third-order valence-electron chi connectivity index (χ3n) is 8.40. The van der Waals surface area contributed by atoms with Crippen molar-refractivity contribution in [2.45, 2.75) is 51.5 Å². The zero-order chi connectivity index (χ0) is 40.2. The van der Waals surface area contributed by atoms with Gasteiger partial charge in [-0.15, -0.1) is 0 Å². The van der Waals surface area contributed by atoms with Gasteiger partial charge in [0.05, 0.1) is 33.3 Å². The molecular weight excluding hydrogens is 746 g/mol. The van der Waals surface area contributed by atoms with Gasteiger partial charge in [0.2, 0.25) is 0 Å². The van der Waals surface area contributed by atoms with E-state index in [0.717, 1.165) is 0 Å². The van der Waals surface area contributed by atoms with E-state index in [0.29, 0.717) is 64.8 Å². The van der Waals surface area contributed by atoms with Crippen LogP contribution >= 0.6 is 11.6 Å². The first-order valence-electron chi connectivity index (χ1n) is 16.9. The number of halogens is 5. The Kier molecular flexibility index (Phi) is 12.1. The molecule has 17 heteroatoms. The molecule has 1 aromatic carbocycles. The maximum atomic E-state index is 13.4. The van der Waals surface area contributed by atoms with E-state index in [4.69, 9.17) is 26.8 Å². The second-order valence-electron chi connectivity index (χ2n) is 13.6. The quantitative estimate of drug-likeness (QED) is 0.0980. The number of carbonyl (C=O) groups is 3. The number of nitrogens with one attached hydrogen (secondary N) is 2. The van der Waals surface area contributed by atoms with Crippen molar-refractivity contribution in [2.24, 2.45) is 7.05 Å². The summed E-state index contributed by atoms with van der Waals surface area (Å²) in [6.07, 6.45) is -1.09. The van der Waals surface area contributed by atoms with Gasteiger partial charge in [-0.05, 0) is 57.4 Å². The molecule has 1 aliphatic heterocycles. The van der Waals surface area contributed by atoms with Gasteiger partial charge in [-0.3, -0.25) is 9.59 Å². The highest BCUT2D eigenvalue weighted by Crippen LogP contribution is 2.44. The van der Waals surface area contributed by atoms with E-state index in [9.17, 15) is 31.9 Å². The van der Waals surface area contributed by atoms with Crippen LogP contribution in [0.2, 0.25) is 5.02 Å². The largest absolute Gasteiger partial charge is 0.444 e. The minimum Gasteiger partial charge on any atom is -0.444 e. The molecule has 1 fully saturated rings. The molecule has 12 nitrogen and oxygen atoms in total. The Morgan fingerprint density at radius 3 is 2.35 bits per heavy atom. The summed E-state index contributed by atoms with van der Waals surface area (Å²) in [7, 11) is 1.76. The lowest BCUT2D eigenvalue weighted by Crippen LogP contribution is -2.43. The number of hydrogen-bond acceptors (Lipinski definition) is 8. The summed E-state index contributed by atoms with van der Waals surface area (Å²) in [5.74, 6) is 2.99. The van der Waals surface area contributed by atoms with E-state index in [-0.39, 0.29) is 35.3 Å². The molecule has 1 saturated heterocycles. The van der Waals surface area contributed by atoms with Gasteiger partial charge in [-0.1, -0.05) is 42.2 Å². The molecule has 3 amide bonds. The fourth-order valence-electron chi connectivity index (χ4n) is 5.96. The summed E-state index contributed by atoms with van der Waals surface area (Å²) in [5.41, 5.74) is 8.77. The van der Waals surface area contributed by atoms with Gasteiger partial charge in [0.1, 0.15) is 30.3 Å². The molecule has 55 heavy (non-hydrogen) atoms. The topological polar surface area (TPSA) is 154 Å². The Balaban J connectivity index is 1.49. The van der Waals surface area contributed by atoms with E-state index in [1.54, 1.807) is 41.5 Å². The Morgan fingerprint density at radius 2 is 1.75 bits per heavy atom. The highest BCUT2D eigenvalue weighted by atomic mass is 35.5. The Bertz CT molecular complexity index is 2200. The van der Waals surface area contributed by atoms with Gasteiger partial charge in [0.15, 0.2) is 5.83 Å². The summed E-state index contributed by atoms with van der Waals surface area (Å²) < 4.78 is 65.0. The average Bonchev–Trinajstić information content (AvgIpc) is 3.43. The maximum Gasteiger partial charge on any atom is 0.410 e. The van der Waals surface area contributed by atoms with Gasteiger partial charge < -0.3 is 35.3 Å². The molecule has 5 rings (SSSR count). The lowest BCUT2D eigenvalue weighted by molar-refractivity contribution is -0.123. The third kappa shape index (κ3) is 9.91. The van der Waals surface area contributed by atoms with Crippen LogP contribution in [0.1, 0.15) is 49.7 Å². The van der Waals surface area contributed by atoms with Crippen LogP contribution < -0.4 is 16.4 Å². The third-order valence-corrected chi connectivity index (χ3v) is 8.69. The molecule has 0 atom stereocenters. The van der Waals surface area contributed by atoms with E-state index < -0.39 is 41.7 Å². The number of aromatic nitrogens is 3. The van der Waals surface area contributed by atoms with Crippen molar-refractivity contribution < 1.29 is 41.4 Å². The van der Waals surface area contributed by atoms with E-state index in [1.165, 1.54) is 18.5 Å². The number of nitrogens with two attached hydrogens (primary N) is 1.